The summed E-state index contributed by atoms with van der Waals surface area (Å²) in [5, 5.41) is 0.626. The number of carbonyl (C=O) groups is 1. The summed E-state index contributed by atoms with van der Waals surface area (Å²) in [6, 6.07) is 7.22. The highest BCUT2D eigenvalue weighted by Gasteiger charge is 2.10. The lowest BCUT2D eigenvalue weighted by Gasteiger charge is -2.17. The van der Waals surface area contributed by atoms with Crippen LogP contribution in [0.2, 0.25) is 0 Å². The normalized spacial score (nSPS) is 14.6. The maximum absolute atomic E-state index is 12.7. The van der Waals surface area contributed by atoms with E-state index in [4.69, 9.17) is 5.48 Å². The van der Waals surface area contributed by atoms with Gasteiger partial charge in [-0.25, -0.2) is 0 Å². The van der Waals surface area contributed by atoms with Crippen molar-refractivity contribution in [2.45, 2.75) is 90.3 Å². The molecule has 1 N–H and O–H groups in total. The summed E-state index contributed by atoms with van der Waals surface area (Å²) in [6.45, 7) is -0.256. The van der Waals surface area contributed by atoms with E-state index in [-0.39, 0.29) is 17.9 Å². The number of nitrogens with one attached hydrogen (secondary N) is 1. The number of nitrogens with zero attached hydrogens (tertiary/aromatic N) is 1. The number of hydrogen-bond acceptors (Lipinski definition) is 1. The van der Waals surface area contributed by atoms with Gasteiger partial charge in [-0.05, 0) is 56.5 Å². The van der Waals surface area contributed by atoms with Crippen molar-refractivity contribution in [2.24, 2.45) is 0 Å². The number of aromatic amines is 1. The smallest absolute Gasteiger partial charge is 0.222 e. The molecule has 0 radical (unpaired) electrons. The fraction of sp³-hybridized carbons (Fsp3) is 0.552. The molecule has 32 heavy (non-hydrogen) atoms. The summed E-state index contributed by atoms with van der Waals surface area (Å²) in [6.07, 6.45) is 20.4. The van der Waals surface area contributed by atoms with Gasteiger partial charge in [-0.1, -0.05) is 81.5 Å². The van der Waals surface area contributed by atoms with Gasteiger partial charge in [0.05, 0.1) is 0 Å². The van der Waals surface area contributed by atoms with Crippen molar-refractivity contribution in [3.8, 4) is 0 Å². The average molecular weight is 441 g/mol. The molecule has 0 bridgehead atoms. The molecule has 0 aliphatic carbocycles. The van der Waals surface area contributed by atoms with Crippen LogP contribution in [0.3, 0.4) is 0 Å². The molecule has 176 valence electrons. The first-order valence-electron chi connectivity index (χ1n) is 14.4. The highest BCUT2D eigenvalue weighted by Crippen LogP contribution is 2.18. The number of H-pyrrole nitrogens is 1. The Bertz CT molecular complexity index is 981. The molecule has 2 aromatic rings. The molecule has 0 saturated carbocycles. The van der Waals surface area contributed by atoms with Crippen LogP contribution in [0.5, 0.6) is 0 Å². The molecular formula is C29H44N2O. The van der Waals surface area contributed by atoms with Crippen LogP contribution in [-0.2, 0) is 11.2 Å². The Morgan fingerprint density at radius 2 is 1.66 bits per heavy atom. The number of fused-ring (bicyclic) bond motifs is 1. The standard InChI is InChI=1S/C29H44N2O/c1-3-4-5-6-7-8-9-10-11-12-13-14-15-16-17-22-29(32)31(2)24-23-26-25-30-28-21-19-18-20-27(26)28/h7-8,10-11,18-21,25,30H,3-6,9,12-17,22-24H2,1-2H3/b8-7-,11-10-/i23D2,24D2. The van der Waals surface area contributed by atoms with Crippen LogP contribution in [0.15, 0.2) is 54.8 Å². The molecule has 0 fully saturated rings. The van der Waals surface area contributed by atoms with E-state index in [2.05, 4.69) is 36.2 Å². The lowest BCUT2D eigenvalue weighted by atomic mass is 10.1. The maximum Gasteiger partial charge on any atom is 0.222 e. The molecule has 3 heteroatoms. The summed E-state index contributed by atoms with van der Waals surface area (Å²) in [4.78, 5) is 16.6. The number of allylic oxidation sites excluding steroid dienone is 4. The monoisotopic (exact) mass is 440 g/mol. The van der Waals surface area contributed by atoms with Crippen molar-refractivity contribution in [2.75, 3.05) is 13.5 Å². The van der Waals surface area contributed by atoms with Gasteiger partial charge < -0.3 is 9.88 Å². The second kappa shape index (κ2) is 16.4. The fourth-order valence-electron chi connectivity index (χ4n) is 3.64. The van der Waals surface area contributed by atoms with Gasteiger partial charge in [-0.15, -0.1) is 0 Å². The van der Waals surface area contributed by atoms with Crippen molar-refractivity contribution in [3.05, 3.63) is 60.3 Å². The number of amides is 1. The molecule has 0 saturated heterocycles. The summed E-state index contributed by atoms with van der Waals surface area (Å²) in [7, 11) is 1.36. The molecular weight excluding hydrogens is 392 g/mol. The Morgan fingerprint density at radius 1 is 0.969 bits per heavy atom. The van der Waals surface area contributed by atoms with Crippen LogP contribution in [0.4, 0.5) is 0 Å². The lowest BCUT2D eigenvalue weighted by Crippen LogP contribution is -2.28. The molecule has 1 heterocycles. The van der Waals surface area contributed by atoms with Crippen molar-refractivity contribution >= 4 is 16.8 Å². The first kappa shape index (κ1) is 20.3. The van der Waals surface area contributed by atoms with Crippen LogP contribution in [0.25, 0.3) is 10.9 Å². The number of aryl methyl sites for hydroxylation is 1. The SMILES string of the molecule is [2H]C([2H])(c1c[nH]c2ccccc12)C([2H])([2H])N(C)C(=O)CCCCCCC/C=C\C/C=C\CCCCC. The number of aromatic nitrogens is 1. The predicted octanol–water partition coefficient (Wildman–Crippen LogP) is 7.98. The molecule has 1 aromatic carbocycles. The van der Waals surface area contributed by atoms with Gasteiger partial charge in [0.1, 0.15) is 0 Å². The van der Waals surface area contributed by atoms with Crippen LogP contribution < -0.4 is 0 Å². The summed E-state index contributed by atoms with van der Waals surface area (Å²) in [5.41, 5.74) is 0.964. The predicted molar refractivity (Wildman–Crippen MR) is 139 cm³/mol. The number of unbranched alkanes of at least 4 members (excludes halogenated alkanes) is 8. The number of likely N-dealkylation sites (N-methyl/N-ethyl adjacent to an activating group) is 1. The molecule has 0 spiro atoms. The van der Waals surface area contributed by atoms with E-state index in [0.29, 0.717) is 11.8 Å². The van der Waals surface area contributed by atoms with Gasteiger partial charge in [0.2, 0.25) is 5.91 Å². The van der Waals surface area contributed by atoms with E-state index < -0.39 is 12.9 Å². The third kappa shape index (κ3) is 10.3. The lowest BCUT2D eigenvalue weighted by molar-refractivity contribution is -0.130. The van der Waals surface area contributed by atoms with E-state index in [1.165, 1.54) is 38.9 Å². The van der Waals surface area contributed by atoms with Crippen molar-refractivity contribution in [1.29, 1.82) is 0 Å². The average Bonchev–Trinajstić information content (AvgIpc) is 3.30. The highest BCUT2D eigenvalue weighted by atomic mass is 16.2. The quantitative estimate of drug-likeness (QED) is 0.196. The van der Waals surface area contributed by atoms with E-state index in [1.54, 1.807) is 12.1 Å². The summed E-state index contributed by atoms with van der Waals surface area (Å²) >= 11 is 0. The minimum Gasteiger partial charge on any atom is -0.361 e. The summed E-state index contributed by atoms with van der Waals surface area (Å²) in [5.74, 6) is -0.366. The zero-order chi connectivity index (χ0) is 26.4. The third-order valence-corrected chi connectivity index (χ3v) is 5.66. The van der Waals surface area contributed by atoms with Gasteiger partial charge in [0.25, 0.3) is 0 Å². The van der Waals surface area contributed by atoms with Crippen molar-refractivity contribution in [3.63, 3.8) is 0 Å². The largest absolute Gasteiger partial charge is 0.361 e. The van der Waals surface area contributed by atoms with E-state index in [0.717, 1.165) is 48.9 Å². The molecule has 0 aliphatic rings. The Kier molecular flexibility index (Phi) is 10.4. The molecule has 0 atom stereocenters. The van der Waals surface area contributed by atoms with Crippen LogP contribution >= 0.6 is 0 Å². The van der Waals surface area contributed by atoms with Crippen LogP contribution in [0, 0.1) is 0 Å². The topological polar surface area (TPSA) is 36.1 Å². The van der Waals surface area contributed by atoms with Crippen LogP contribution in [0.1, 0.15) is 95.0 Å². The van der Waals surface area contributed by atoms with Gasteiger partial charge >= 0.3 is 0 Å². The molecule has 1 amide bonds. The minimum absolute atomic E-state index is 0.222. The highest BCUT2D eigenvalue weighted by molar-refractivity contribution is 5.83. The van der Waals surface area contributed by atoms with Crippen molar-refractivity contribution < 1.29 is 10.3 Å². The Balaban J connectivity index is 1.67. The molecule has 0 unspecified atom stereocenters. The van der Waals surface area contributed by atoms with Crippen LogP contribution in [-0.4, -0.2) is 29.3 Å². The number of carbonyl (C=O) groups excluding carboxylic acids is 1. The number of rotatable bonds is 17. The van der Waals surface area contributed by atoms with Gasteiger partial charge in [0.15, 0.2) is 0 Å². The number of para-hydroxylation sites is 1. The van der Waals surface area contributed by atoms with Crippen molar-refractivity contribution in [1.82, 2.24) is 9.88 Å². The Morgan fingerprint density at radius 3 is 2.44 bits per heavy atom. The number of hydrogen-bond donors (Lipinski definition) is 1. The van der Waals surface area contributed by atoms with Gasteiger partial charge in [0, 0.05) is 42.5 Å². The first-order valence-corrected chi connectivity index (χ1v) is 12.4. The number of benzene rings is 1. The van der Waals surface area contributed by atoms with Gasteiger partial charge in [-0.2, -0.15) is 0 Å². The molecule has 1 aromatic heterocycles. The van der Waals surface area contributed by atoms with Gasteiger partial charge in [-0.3, -0.25) is 4.79 Å². The second-order valence-electron chi connectivity index (χ2n) is 8.42. The minimum atomic E-state index is -2.48. The van der Waals surface area contributed by atoms with E-state index in [9.17, 15) is 4.79 Å². The van der Waals surface area contributed by atoms with E-state index in [1.807, 2.05) is 12.1 Å². The zero-order valence-electron chi connectivity index (χ0n) is 24.0. The molecule has 2 rings (SSSR count). The maximum atomic E-state index is 12.7. The summed E-state index contributed by atoms with van der Waals surface area (Å²) < 4.78 is 34.1. The van der Waals surface area contributed by atoms with E-state index >= 15 is 0 Å². The zero-order valence-corrected chi connectivity index (χ0v) is 20.0. The fourth-order valence-corrected chi connectivity index (χ4v) is 3.64. The molecule has 0 aliphatic heterocycles. The third-order valence-electron chi connectivity index (χ3n) is 5.66. The second-order valence-corrected chi connectivity index (χ2v) is 8.42. The Hall–Kier alpha value is -2.29. The Labute approximate surface area is 201 Å². The first-order chi connectivity index (χ1) is 17.2. The molecule has 3 nitrogen and oxygen atoms in total.